The summed E-state index contributed by atoms with van der Waals surface area (Å²) in [5, 5.41) is 3.91. The van der Waals surface area contributed by atoms with Gasteiger partial charge in [0.2, 0.25) is 0 Å². The van der Waals surface area contributed by atoms with Gasteiger partial charge in [-0.25, -0.2) is 4.79 Å². The summed E-state index contributed by atoms with van der Waals surface area (Å²) in [6.07, 6.45) is 0.939. The first-order valence-corrected chi connectivity index (χ1v) is 9.66. The lowest BCUT2D eigenvalue weighted by Crippen LogP contribution is -2.36. The third-order valence-electron chi connectivity index (χ3n) is 4.20. The molecule has 1 atom stereocenters. The van der Waals surface area contributed by atoms with Crippen LogP contribution < -0.4 is 10.1 Å². The Labute approximate surface area is 157 Å². The number of rotatable bonds is 3. The van der Waals surface area contributed by atoms with Crippen molar-refractivity contribution < 1.29 is 9.53 Å². The lowest BCUT2D eigenvalue weighted by atomic mass is 10.1. The van der Waals surface area contributed by atoms with Crippen molar-refractivity contribution in [3.05, 3.63) is 59.1 Å². The Morgan fingerprint density at radius 2 is 2.04 bits per heavy atom. The Morgan fingerprint density at radius 3 is 2.80 bits per heavy atom. The number of anilines is 1. The number of benzene rings is 2. The van der Waals surface area contributed by atoms with Gasteiger partial charge >= 0.3 is 6.03 Å². The second kappa shape index (κ2) is 8.50. The number of carbonyl (C=O) groups is 1. The highest BCUT2D eigenvalue weighted by molar-refractivity contribution is 7.99. The topological polar surface area (TPSA) is 41.6 Å². The lowest BCUT2D eigenvalue weighted by Gasteiger charge is -2.21. The van der Waals surface area contributed by atoms with Gasteiger partial charge in [-0.15, -0.1) is 0 Å². The van der Waals surface area contributed by atoms with E-state index in [4.69, 9.17) is 16.3 Å². The minimum atomic E-state index is -0.116. The van der Waals surface area contributed by atoms with E-state index in [9.17, 15) is 4.79 Å². The summed E-state index contributed by atoms with van der Waals surface area (Å²) in [6.45, 7) is 1.45. The summed E-state index contributed by atoms with van der Waals surface area (Å²) in [5.74, 6) is 1.52. The van der Waals surface area contributed by atoms with E-state index in [1.54, 1.807) is 25.3 Å². The van der Waals surface area contributed by atoms with Gasteiger partial charge in [0.1, 0.15) is 5.75 Å². The Balaban J connectivity index is 1.65. The molecule has 0 aliphatic carbocycles. The van der Waals surface area contributed by atoms with Gasteiger partial charge in [0.15, 0.2) is 0 Å². The van der Waals surface area contributed by atoms with E-state index in [0.717, 1.165) is 25.3 Å². The zero-order valence-electron chi connectivity index (χ0n) is 14.1. The molecule has 1 saturated heterocycles. The minimum absolute atomic E-state index is 0.116. The summed E-state index contributed by atoms with van der Waals surface area (Å²) in [5.41, 5.74) is 1.92. The Hall–Kier alpha value is -1.85. The molecule has 132 valence electrons. The maximum absolute atomic E-state index is 12.6. The number of halogens is 1. The number of carbonyl (C=O) groups excluding carboxylic acids is 1. The van der Waals surface area contributed by atoms with Crippen LogP contribution in [0.5, 0.6) is 5.75 Å². The van der Waals surface area contributed by atoms with Gasteiger partial charge in [0.05, 0.1) is 12.8 Å². The molecule has 1 aliphatic heterocycles. The Kier molecular flexibility index (Phi) is 6.10. The second-order valence-corrected chi connectivity index (χ2v) is 7.57. The highest BCUT2D eigenvalue weighted by Crippen LogP contribution is 2.34. The fourth-order valence-corrected chi connectivity index (χ4v) is 4.28. The molecule has 1 fully saturated rings. The van der Waals surface area contributed by atoms with E-state index in [1.807, 2.05) is 22.7 Å². The van der Waals surface area contributed by atoms with Gasteiger partial charge in [-0.1, -0.05) is 41.9 Å². The molecule has 0 aromatic heterocycles. The van der Waals surface area contributed by atoms with Crippen molar-refractivity contribution >= 4 is 35.1 Å². The molecular formula is C19H21ClN2O2S. The van der Waals surface area contributed by atoms with Crippen molar-refractivity contribution in [1.82, 2.24) is 4.90 Å². The van der Waals surface area contributed by atoms with Crippen LogP contribution in [0.2, 0.25) is 5.02 Å². The maximum atomic E-state index is 12.6. The number of urea groups is 1. The molecule has 0 bridgehead atoms. The number of methoxy groups -OCH3 is 1. The Morgan fingerprint density at radius 1 is 1.24 bits per heavy atom. The van der Waals surface area contributed by atoms with Gasteiger partial charge in [0, 0.05) is 29.1 Å². The molecule has 25 heavy (non-hydrogen) atoms. The van der Waals surface area contributed by atoms with Crippen LogP contribution in [0.1, 0.15) is 17.2 Å². The molecule has 4 nitrogen and oxygen atoms in total. The first kappa shape index (κ1) is 18.0. The molecule has 0 saturated carbocycles. The zero-order valence-corrected chi connectivity index (χ0v) is 15.6. The molecule has 6 heteroatoms. The number of ether oxygens (including phenoxy) is 1. The standard InChI is InChI=1S/C19H21ClN2O2S/c1-24-17-8-7-15(20)13-16(17)21-19(23)22-10-9-18(25-12-11-22)14-5-3-2-4-6-14/h2-8,13,18H,9-12H2,1H3,(H,21,23). The first-order valence-electron chi connectivity index (χ1n) is 8.23. The van der Waals surface area contributed by atoms with Gasteiger partial charge in [-0.3, -0.25) is 0 Å². The predicted molar refractivity (Wildman–Crippen MR) is 105 cm³/mol. The minimum Gasteiger partial charge on any atom is -0.495 e. The molecule has 3 rings (SSSR count). The van der Waals surface area contributed by atoms with E-state index < -0.39 is 0 Å². The molecule has 2 aromatic rings. The summed E-state index contributed by atoms with van der Waals surface area (Å²) >= 11 is 7.94. The number of thioether (sulfide) groups is 1. The first-order chi connectivity index (χ1) is 12.2. The fourth-order valence-electron chi connectivity index (χ4n) is 2.88. The highest BCUT2D eigenvalue weighted by Gasteiger charge is 2.22. The predicted octanol–water partition coefficient (Wildman–Crippen LogP) is 5.06. The van der Waals surface area contributed by atoms with Crippen molar-refractivity contribution in [3.63, 3.8) is 0 Å². The molecule has 2 amide bonds. The van der Waals surface area contributed by atoms with Crippen LogP contribution in [-0.2, 0) is 0 Å². The van der Waals surface area contributed by atoms with Crippen molar-refractivity contribution in [2.24, 2.45) is 0 Å². The Bertz CT molecular complexity index is 727. The van der Waals surface area contributed by atoms with E-state index in [2.05, 4.69) is 29.6 Å². The fraction of sp³-hybridized carbons (Fsp3) is 0.316. The quantitative estimate of drug-likeness (QED) is 0.813. The molecule has 0 radical (unpaired) electrons. The highest BCUT2D eigenvalue weighted by atomic mass is 35.5. The van der Waals surface area contributed by atoms with Crippen LogP contribution in [0.15, 0.2) is 48.5 Å². The monoisotopic (exact) mass is 376 g/mol. The molecular weight excluding hydrogens is 356 g/mol. The molecule has 1 aliphatic rings. The smallest absolute Gasteiger partial charge is 0.321 e. The number of nitrogens with one attached hydrogen (secondary N) is 1. The largest absolute Gasteiger partial charge is 0.495 e. The third-order valence-corrected chi connectivity index (χ3v) is 5.77. The summed E-state index contributed by atoms with van der Waals surface area (Å²) in [4.78, 5) is 14.5. The molecule has 1 unspecified atom stereocenters. The normalized spacial score (nSPS) is 17.7. The van der Waals surface area contributed by atoms with Gasteiger partial charge < -0.3 is 15.0 Å². The van der Waals surface area contributed by atoms with Crippen molar-refractivity contribution in [2.75, 3.05) is 31.3 Å². The SMILES string of the molecule is COc1ccc(Cl)cc1NC(=O)N1CCSC(c2ccccc2)CC1. The summed E-state index contributed by atoms with van der Waals surface area (Å²) in [6, 6.07) is 15.6. The van der Waals surface area contributed by atoms with E-state index in [1.165, 1.54) is 5.56 Å². The lowest BCUT2D eigenvalue weighted by molar-refractivity contribution is 0.215. The summed E-state index contributed by atoms with van der Waals surface area (Å²) in [7, 11) is 1.58. The van der Waals surface area contributed by atoms with Crippen molar-refractivity contribution in [3.8, 4) is 5.75 Å². The zero-order chi connectivity index (χ0) is 17.6. The number of nitrogens with zero attached hydrogens (tertiary/aromatic N) is 1. The number of hydrogen-bond donors (Lipinski definition) is 1. The third kappa shape index (κ3) is 4.61. The number of hydrogen-bond acceptors (Lipinski definition) is 3. The molecule has 1 N–H and O–H groups in total. The molecule has 2 aromatic carbocycles. The van der Waals surface area contributed by atoms with Crippen LogP contribution in [0.4, 0.5) is 10.5 Å². The van der Waals surface area contributed by atoms with Crippen LogP contribution in [-0.4, -0.2) is 36.9 Å². The van der Waals surface area contributed by atoms with E-state index in [-0.39, 0.29) is 6.03 Å². The van der Waals surface area contributed by atoms with E-state index >= 15 is 0 Å². The molecule has 1 heterocycles. The van der Waals surface area contributed by atoms with Crippen LogP contribution in [0, 0.1) is 0 Å². The average molecular weight is 377 g/mol. The second-order valence-electron chi connectivity index (χ2n) is 5.82. The van der Waals surface area contributed by atoms with Gasteiger partial charge in [0.25, 0.3) is 0 Å². The van der Waals surface area contributed by atoms with Crippen molar-refractivity contribution in [1.29, 1.82) is 0 Å². The maximum Gasteiger partial charge on any atom is 0.321 e. The van der Waals surface area contributed by atoms with Gasteiger partial charge in [-0.05, 0) is 30.2 Å². The van der Waals surface area contributed by atoms with Crippen LogP contribution in [0.25, 0.3) is 0 Å². The van der Waals surface area contributed by atoms with Crippen molar-refractivity contribution in [2.45, 2.75) is 11.7 Å². The molecule has 0 spiro atoms. The van der Waals surface area contributed by atoms with Crippen LogP contribution in [0.3, 0.4) is 0 Å². The summed E-state index contributed by atoms with van der Waals surface area (Å²) < 4.78 is 5.29. The van der Waals surface area contributed by atoms with Gasteiger partial charge in [-0.2, -0.15) is 11.8 Å². The average Bonchev–Trinajstić information content (AvgIpc) is 2.89. The number of amides is 2. The van der Waals surface area contributed by atoms with E-state index in [0.29, 0.717) is 21.7 Å². The van der Waals surface area contributed by atoms with Crippen LogP contribution >= 0.6 is 23.4 Å².